The number of hydrogen-bond donors (Lipinski definition) is 1. The molecule has 0 aliphatic heterocycles. The number of nitrogens with zero attached hydrogens (tertiary/aromatic N) is 2. The van der Waals surface area contributed by atoms with Crippen LogP contribution < -0.4 is 10.1 Å². The van der Waals surface area contributed by atoms with Crippen molar-refractivity contribution in [2.45, 2.75) is 31.8 Å². The predicted molar refractivity (Wildman–Crippen MR) is 96.9 cm³/mol. The fourth-order valence-corrected chi connectivity index (χ4v) is 2.59. The lowest BCUT2D eigenvalue weighted by Gasteiger charge is -2.14. The monoisotopic (exact) mass is 349 g/mol. The Balaban J connectivity index is 1.43. The van der Waals surface area contributed by atoms with Crippen molar-refractivity contribution in [3.63, 3.8) is 0 Å². The van der Waals surface area contributed by atoms with Crippen LogP contribution in [0, 0.1) is 0 Å². The van der Waals surface area contributed by atoms with E-state index in [0.29, 0.717) is 29.1 Å². The van der Waals surface area contributed by atoms with Gasteiger partial charge in [0.2, 0.25) is 11.7 Å². The quantitative estimate of drug-likeness (QED) is 0.727. The van der Waals surface area contributed by atoms with E-state index in [1.54, 1.807) is 6.92 Å². The van der Waals surface area contributed by atoms with Crippen molar-refractivity contribution in [1.82, 2.24) is 10.1 Å². The van der Waals surface area contributed by atoms with Gasteiger partial charge in [-0.3, -0.25) is 4.79 Å². The lowest BCUT2D eigenvalue weighted by molar-refractivity contribution is -0.122. The van der Waals surface area contributed by atoms with E-state index in [1.165, 1.54) is 0 Å². The zero-order chi connectivity index (χ0) is 17.9. The Morgan fingerprint density at radius 3 is 2.77 bits per heavy atom. The average Bonchev–Trinajstić information content (AvgIpc) is 3.39. The average molecular weight is 349 g/mol. The lowest BCUT2D eigenvalue weighted by atomic mass is 10.2. The second-order valence-electron chi connectivity index (χ2n) is 6.37. The molecular formula is C20H19N3O3. The van der Waals surface area contributed by atoms with Gasteiger partial charge < -0.3 is 14.6 Å². The third kappa shape index (κ3) is 3.74. The molecule has 1 unspecified atom stereocenters. The second-order valence-corrected chi connectivity index (χ2v) is 6.37. The Hall–Kier alpha value is -3.15. The fraction of sp³-hybridized carbons (Fsp3) is 0.250. The highest BCUT2D eigenvalue weighted by Crippen LogP contribution is 2.39. The van der Waals surface area contributed by atoms with Gasteiger partial charge in [0, 0.05) is 17.2 Å². The molecule has 1 aromatic heterocycles. The third-order valence-electron chi connectivity index (χ3n) is 4.18. The SMILES string of the molecule is CC(Oc1ccccc1)C(=O)Nc1cccc(-c2noc(C3CC3)n2)c1. The molecule has 1 aliphatic carbocycles. The third-order valence-corrected chi connectivity index (χ3v) is 4.18. The Morgan fingerprint density at radius 2 is 2.00 bits per heavy atom. The standard InChI is InChI=1S/C20H19N3O3/c1-13(25-17-8-3-2-4-9-17)19(24)21-16-7-5-6-15(12-16)18-22-20(26-23-18)14-10-11-14/h2-9,12-14H,10-11H2,1H3,(H,21,24). The molecule has 26 heavy (non-hydrogen) atoms. The molecule has 132 valence electrons. The van der Waals surface area contributed by atoms with Gasteiger partial charge in [0.25, 0.3) is 5.91 Å². The molecule has 1 atom stereocenters. The van der Waals surface area contributed by atoms with Crippen molar-refractivity contribution in [3.05, 3.63) is 60.5 Å². The second kappa shape index (κ2) is 7.00. The van der Waals surface area contributed by atoms with Crippen LogP contribution in [0.5, 0.6) is 5.75 Å². The van der Waals surface area contributed by atoms with Gasteiger partial charge in [0.15, 0.2) is 6.10 Å². The molecule has 4 rings (SSSR count). The van der Waals surface area contributed by atoms with Crippen molar-refractivity contribution in [3.8, 4) is 17.1 Å². The van der Waals surface area contributed by atoms with E-state index < -0.39 is 6.10 Å². The molecule has 1 N–H and O–H groups in total. The molecule has 2 aromatic carbocycles. The van der Waals surface area contributed by atoms with Gasteiger partial charge in [-0.15, -0.1) is 0 Å². The van der Waals surface area contributed by atoms with E-state index >= 15 is 0 Å². The first kappa shape index (κ1) is 16.3. The van der Waals surface area contributed by atoms with E-state index in [1.807, 2.05) is 54.6 Å². The minimum absolute atomic E-state index is 0.224. The first-order valence-electron chi connectivity index (χ1n) is 8.65. The highest BCUT2D eigenvalue weighted by molar-refractivity contribution is 5.94. The number of nitrogens with one attached hydrogen (secondary N) is 1. The zero-order valence-electron chi connectivity index (χ0n) is 14.4. The Kier molecular flexibility index (Phi) is 4.39. The summed E-state index contributed by atoms with van der Waals surface area (Å²) >= 11 is 0. The summed E-state index contributed by atoms with van der Waals surface area (Å²) in [4.78, 5) is 16.8. The first-order valence-corrected chi connectivity index (χ1v) is 8.65. The van der Waals surface area contributed by atoms with Crippen LogP contribution in [-0.2, 0) is 4.79 Å². The van der Waals surface area contributed by atoms with Crippen LogP contribution in [0.1, 0.15) is 31.6 Å². The molecule has 1 aliphatic rings. The van der Waals surface area contributed by atoms with Crippen LogP contribution in [0.25, 0.3) is 11.4 Å². The van der Waals surface area contributed by atoms with Crippen LogP contribution in [0.15, 0.2) is 59.1 Å². The van der Waals surface area contributed by atoms with Gasteiger partial charge >= 0.3 is 0 Å². The van der Waals surface area contributed by atoms with Crippen molar-refractivity contribution in [2.24, 2.45) is 0 Å². The molecule has 0 radical (unpaired) electrons. The van der Waals surface area contributed by atoms with Crippen molar-refractivity contribution < 1.29 is 14.1 Å². The van der Waals surface area contributed by atoms with Crippen LogP contribution in [-0.4, -0.2) is 22.2 Å². The molecule has 6 nitrogen and oxygen atoms in total. The Morgan fingerprint density at radius 1 is 1.19 bits per heavy atom. The van der Waals surface area contributed by atoms with Crippen molar-refractivity contribution in [2.75, 3.05) is 5.32 Å². The maximum absolute atomic E-state index is 12.4. The van der Waals surface area contributed by atoms with Gasteiger partial charge in [-0.25, -0.2) is 0 Å². The minimum atomic E-state index is -0.618. The lowest BCUT2D eigenvalue weighted by Crippen LogP contribution is -2.30. The highest BCUT2D eigenvalue weighted by atomic mass is 16.5. The van der Waals surface area contributed by atoms with E-state index in [4.69, 9.17) is 9.26 Å². The molecule has 1 saturated carbocycles. The summed E-state index contributed by atoms with van der Waals surface area (Å²) in [7, 11) is 0. The molecule has 0 bridgehead atoms. The summed E-state index contributed by atoms with van der Waals surface area (Å²) in [6.45, 7) is 1.72. The largest absolute Gasteiger partial charge is 0.481 e. The highest BCUT2D eigenvalue weighted by Gasteiger charge is 2.29. The zero-order valence-corrected chi connectivity index (χ0v) is 14.4. The van der Waals surface area contributed by atoms with E-state index in [9.17, 15) is 4.79 Å². The summed E-state index contributed by atoms with van der Waals surface area (Å²) in [6.07, 6.45) is 1.60. The summed E-state index contributed by atoms with van der Waals surface area (Å²) in [5, 5.41) is 6.90. The first-order chi connectivity index (χ1) is 12.7. The number of amides is 1. The minimum Gasteiger partial charge on any atom is -0.481 e. The number of ether oxygens (including phenoxy) is 1. The Bertz CT molecular complexity index is 903. The summed E-state index contributed by atoms with van der Waals surface area (Å²) in [6, 6.07) is 16.6. The number of aromatic nitrogens is 2. The van der Waals surface area contributed by atoms with Gasteiger partial charge in [-0.1, -0.05) is 35.5 Å². The molecule has 1 heterocycles. The number of carbonyl (C=O) groups excluding carboxylic acids is 1. The van der Waals surface area contributed by atoms with Crippen molar-refractivity contribution in [1.29, 1.82) is 0 Å². The van der Waals surface area contributed by atoms with Gasteiger partial charge in [-0.2, -0.15) is 4.98 Å². The predicted octanol–water partition coefficient (Wildman–Crippen LogP) is 4.02. The summed E-state index contributed by atoms with van der Waals surface area (Å²) < 4.78 is 10.9. The normalized spacial score (nSPS) is 14.7. The van der Waals surface area contributed by atoms with Crippen LogP contribution in [0.4, 0.5) is 5.69 Å². The van der Waals surface area contributed by atoms with Crippen molar-refractivity contribution >= 4 is 11.6 Å². The number of anilines is 1. The Labute approximate surface area is 151 Å². The number of para-hydroxylation sites is 1. The smallest absolute Gasteiger partial charge is 0.265 e. The summed E-state index contributed by atoms with van der Waals surface area (Å²) in [5.74, 6) is 2.08. The fourth-order valence-electron chi connectivity index (χ4n) is 2.59. The maximum atomic E-state index is 12.4. The molecule has 1 fully saturated rings. The maximum Gasteiger partial charge on any atom is 0.265 e. The number of carbonyl (C=O) groups is 1. The topological polar surface area (TPSA) is 77.2 Å². The molecule has 3 aromatic rings. The molecule has 1 amide bonds. The summed E-state index contributed by atoms with van der Waals surface area (Å²) in [5.41, 5.74) is 1.46. The molecular weight excluding hydrogens is 330 g/mol. The van der Waals surface area contributed by atoms with Crippen LogP contribution in [0.2, 0.25) is 0 Å². The van der Waals surface area contributed by atoms with Gasteiger partial charge in [0.05, 0.1) is 0 Å². The number of rotatable bonds is 6. The molecule has 0 spiro atoms. The van der Waals surface area contributed by atoms with E-state index in [2.05, 4.69) is 15.5 Å². The van der Waals surface area contributed by atoms with E-state index in [-0.39, 0.29) is 5.91 Å². The van der Waals surface area contributed by atoms with Gasteiger partial charge in [-0.05, 0) is 44.0 Å². The van der Waals surface area contributed by atoms with Crippen LogP contribution >= 0.6 is 0 Å². The van der Waals surface area contributed by atoms with Gasteiger partial charge in [0.1, 0.15) is 5.75 Å². The molecule has 6 heteroatoms. The number of hydrogen-bond acceptors (Lipinski definition) is 5. The number of benzene rings is 2. The van der Waals surface area contributed by atoms with E-state index in [0.717, 1.165) is 18.4 Å². The molecule has 0 saturated heterocycles. The van der Waals surface area contributed by atoms with Crippen LogP contribution in [0.3, 0.4) is 0 Å².